The van der Waals surface area contributed by atoms with Gasteiger partial charge in [0.25, 0.3) is 0 Å². The number of fused-ring (bicyclic) bond motifs is 4. The zero-order valence-corrected chi connectivity index (χ0v) is 17.9. The highest BCUT2D eigenvalue weighted by Crippen LogP contribution is 2.44. The van der Waals surface area contributed by atoms with Gasteiger partial charge in [0, 0.05) is 18.2 Å². The molecule has 0 amide bonds. The first-order chi connectivity index (χ1) is 15.6. The molecular formula is C27H26N2O3. The number of aromatic nitrogens is 1. The van der Waals surface area contributed by atoms with Crippen molar-refractivity contribution in [2.75, 3.05) is 5.01 Å². The molecule has 6 rings (SSSR count). The summed E-state index contributed by atoms with van der Waals surface area (Å²) in [4.78, 5) is 25.8. The molecular weight excluding hydrogens is 400 g/mol. The van der Waals surface area contributed by atoms with Gasteiger partial charge in [-0.2, -0.15) is 0 Å². The molecule has 1 saturated carbocycles. The number of Topliss-reactive ketones (excluding diaryl/α,β-unsaturated/α-hetero) is 1. The van der Waals surface area contributed by atoms with E-state index in [2.05, 4.69) is 53.5 Å². The summed E-state index contributed by atoms with van der Waals surface area (Å²) in [6, 6.07) is 18.4. The van der Waals surface area contributed by atoms with Gasteiger partial charge >= 0.3 is 0 Å². The topological polar surface area (TPSA) is 62.5 Å². The smallest absolute Gasteiger partial charge is 0.224 e. The van der Waals surface area contributed by atoms with Gasteiger partial charge in [0.15, 0.2) is 17.2 Å². The van der Waals surface area contributed by atoms with Crippen LogP contribution in [0.1, 0.15) is 64.5 Å². The lowest BCUT2D eigenvalue weighted by atomic mass is 9.77. The predicted octanol–water partition coefficient (Wildman–Crippen LogP) is 4.14. The van der Waals surface area contributed by atoms with E-state index in [0.29, 0.717) is 0 Å². The molecule has 2 aliphatic carbocycles. The molecule has 3 aromatic rings. The van der Waals surface area contributed by atoms with Crippen molar-refractivity contribution in [3.05, 3.63) is 99.0 Å². The van der Waals surface area contributed by atoms with Crippen molar-refractivity contribution in [3.8, 4) is 5.75 Å². The van der Waals surface area contributed by atoms with E-state index in [1.54, 1.807) is 10.9 Å². The summed E-state index contributed by atoms with van der Waals surface area (Å²) in [5.41, 5.74) is 4.73. The van der Waals surface area contributed by atoms with Crippen LogP contribution in [0.3, 0.4) is 0 Å². The van der Waals surface area contributed by atoms with Crippen LogP contribution in [0.25, 0.3) is 0 Å². The normalized spacial score (nSPS) is 22.4. The molecule has 5 heteroatoms. The molecule has 1 aromatic heterocycles. The molecule has 2 atom stereocenters. The second-order valence-corrected chi connectivity index (χ2v) is 9.22. The van der Waals surface area contributed by atoms with E-state index in [1.165, 1.54) is 28.3 Å². The third-order valence-corrected chi connectivity index (χ3v) is 7.57. The molecule has 1 aliphatic heterocycles. The monoisotopic (exact) mass is 426 g/mol. The largest absolute Gasteiger partial charge is 0.503 e. The van der Waals surface area contributed by atoms with E-state index in [-0.39, 0.29) is 29.5 Å². The van der Waals surface area contributed by atoms with Crippen molar-refractivity contribution < 1.29 is 9.90 Å². The van der Waals surface area contributed by atoms with Crippen molar-refractivity contribution in [3.63, 3.8) is 0 Å². The number of benzene rings is 2. The number of rotatable bonds is 1. The number of pyridine rings is 1. The fourth-order valence-corrected chi connectivity index (χ4v) is 6.10. The highest BCUT2D eigenvalue weighted by atomic mass is 16.3. The van der Waals surface area contributed by atoms with Crippen LogP contribution in [0.15, 0.2) is 65.6 Å². The Labute approximate surface area is 186 Å². The first-order valence-corrected chi connectivity index (χ1v) is 11.6. The number of nitrogens with zero attached hydrogens (tertiary/aromatic N) is 2. The number of aromatic hydroxyl groups is 1. The Kier molecular flexibility index (Phi) is 4.46. The Balaban J connectivity index is 1.66. The van der Waals surface area contributed by atoms with Crippen LogP contribution in [0.4, 0.5) is 0 Å². The highest BCUT2D eigenvalue weighted by Gasteiger charge is 2.46. The Morgan fingerprint density at radius 3 is 2.12 bits per heavy atom. The van der Waals surface area contributed by atoms with Crippen molar-refractivity contribution in [1.29, 1.82) is 0 Å². The number of carbonyl (C=O) groups is 1. The van der Waals surface area contributed by atoms with E-state index >= 15 is 0 Å². The molecule has 32 heavy (non-hydrogen) atoms. The maximum absolute atomic E-state index is 13.5. The second kappa shape index (κ2) is 7.37. The van der Waals surface area contributed by atoms with Gasteiger partial charge in [-0.1, -0.05) is 61.4 Å². The van der Waals surface area contributed by atoms with Crippen molar-refractivity contribution >= 4 is 5.78 Å². The SMILES string of the molecule is O=C1c2c(O)c(=O)ccn2N(C2c3ccccc3CCc3ccccc32)C2CCCCC12. The van der Waals surface area contributed by atoms with Crippen LogP contribution in [0.5, 0.6) is 5.75 Å². The van der Waals surface area contributed by atoms with Crippen molar-refractivity contribution in [1.82, 2.24) is 4.68 Å². The molecule has 0 saturated heterocycles. The van der Waals surface area contributed by atoms with Gasteiger partial charge in [0.05, 0.1) is 12.1 Å². The van der Waals surface area contributed by atoms with Crippen LogP contribution in [-0.2, 0) is 12.8 Å². The number of ketones is 1. The summed E-state index contributed by atoms with van der Waals surface area (Å²) >= 11 is 0. The first kappa shape index (κ1) is 19.4. The van der Waals surface area contributed by atoms with Gasteiger partial charge in [-0.15, -0.1) is 0 Å². The lowest BCUT2D eigenvalue weighted by Crippen LogP contribution is -2.58. The zero-order chi connectivity index (χ0) is 21.8. The minimum Gasteiger partial charge on any atom is -0.503 e. The van der Waals surface area contributed by atoms with Gasteiger partial charge < -0.3 is 5.11 Å². The van der Waals surface area contributed by atoms with Crippen LogP contribution < -0.4 is 10.4 Å². The summed E-state index contributed by atoms with van der Waals surface area (Å²) in [7, 11) is 0. The number of carbonyl (C=O) groups excluding carboxylic acids is 1. The Bertz CT molecular complexity index is 1230. The molecule has 5 nitrogen and oxygen atoms in total. The molecule has 0 spiro atoms. The molecule has 2 unspecified atom stereocenters. The molecule has 0 radical (unpaired) electrons. The van der Waals surface area contributed by atoms with Gasteiger partial charge in [0.2, 0.25) is 5.43 Å². The first-order valence-electron chi connectivity index (χ1n) is 11.6. The second-order valence-electron chi connectivity index (χ2n) is 9.22. The third-order valence-electron chi connectivity index (χ3n) is 7.57. The van der Waals surface area contributed by atoms with Gasteiger partial charge in [-0.05, 0) is 47.9 Å². The molecule has 2 aromatic carbocycles. The predicted molar refractivity (Wildman–Crippen MR) is 123 cm³/mol. The van der Waals surface area contributed by atoms with E-state index in [4.69, 9.17) is 0 Å². The maximum Gasteiger partial charge on any atom is 0.224 e. The lowest BCUT2D eigenvalue weighted by Gasteiger charge is -2.50. The summed E-state index contributed by atoms with van der Waals surface area (Å²) in [5.74, 6) is -0.739. The number of hydrogen-bond donors (Lipinski definition) is 1. The van der Waals surface area contributed by atoms with Crippen LogP contribution >= 0.6 is 0 Å². The average Bonchev–Trinajstić information content (AvgIpc) is 2.99. The van der Waals surface area contributed by atoms with Crippen molar-refractivity contribution in [2.45, 2.75) is 50.6 Å². The summed E-state index contributed by atoms with van der Waals surface area (Å²) < 4.78 is 1.79. The number of hydrogen-bond acceptors (Lipinski definition) is 4. The molecule has 1 N–H and O–H groups in total. The minimum absolute atomic E-state index is 0.0230. The molecule has 3 aliphatic rings. The van der Waals surface area contributed by atoms with Gasteiger partial charge in [-0.3, -0.25) is 19.3 Å². The molecule has 1 fully saturated rings. The Hall–Kier alpha value is -3.34. The van der Waals surface area contributed by atoms with Gasteiger partial charge in [-0.25, -0.2) is 0 Å². The molecule has 162 valence electrons. The van der Waals surface area contributed by atoms with Crippen molar-refractivity contribution in [2.24, 2.45) is 5.92 Å². The van der Waals surface area contributed by atoms with E-state index < -0.39 is 11.2 Å². The third kappa shape index (κ3) is 2.77. The summed E-state index contributed by atoms with van der Waals surface area (Å²) in [6.07, 6.45) is 7.39. The average molecular weight is 427 g/mol. The fourth-order valence-electron chi connectivity index (χ4n) is 6.10. The van der Waals surface area contributed by atoms with Crippen LogP contribution in [0, 0.1) is 5.92 Å². The number of aryl methyl sites for hydroxylation is 2. The maximum atomic E-state index is 13.5. The highest BCUT2D eigenvalue weighted by molar-refractivity contribution is 6.00. The zero-order valence-electron chi connectivity index (χ0n) is 17.9. The lowest BCUT2D eigenvalue weighted by molar-refractivity contribution is 0.0790. The quantitative estimate of drug-likeness (QED) is 0.635. The standard InChI is InChI=1S/C27H26N2O3/c30-23-15-16-28-25(27(23)32)26(31)21-11-5-6-12-22(21)29(28)24-19-9-3-1-7-17(19)13-14-18-8-2-4-10-20(18)24/h1-4,7-10,15-16,21-22,24,32H,5-6,11-14H2. The van der Waals surface area contributed by atoms with Crippen LogP contribution in [0.2, 0.25) is 0 Å². The molecule has 2 heterocycles. The van der Waals surface area contributed by atoms with Crippen LogP contribution in [-0.4, -0.2) is 21.6 Å². The fraction of sp³-hybridized carbons (Fsp3) is 0.333. The Morgan fingerprint density at radius 2 is 1.44 bits per heavy atom. The van der Waals surface area contributed by atoms with E-state index in [9.17, 15) is 14.7 Å². The summed E-state index contributed by atoms with van der Waals surface area (Å²) in [5, 5.41) is 13.0. The molecule has 0 bridgehead atoms. The minimum atomic E-state index is -0.500. The van der Waals surface area contributed by atoms with E-state index in [1.807, 2.05) is 0 Å². The Morgan fingerprint density at radius 1 is 0.812 bits per heavy atom. The van der Waals surface area contributed by atoms with E-state index in [0.717, 1.165) is 38.5 Å². The van der Waals surface area contributed by atoms with Gasteiger partial charge in [0.1, 0.15) is 0 Å². The summed E-state index contributed by atoms with van der Waals surface area (Å²) in [6.45, 7) is 0.